The first-order valence-electron chi connectivity index (χ1n) is 12.0. The number of hydroxylamine groups is 1. The Hall–Kier alpha value is -3.71. The molecule has 3 rings (SSSR count). The SMILES string of the molecule is CC(O)C(NC(=O)c1ccc(C#Cc2ccc(NC(=O)CNC3CCCCC3)cc2)cc1)C(=O)NO. The average molecular weight is 493 g/mol. The Balaban J connectivity index is 1.51. The molecule has 0 aliphatic heterocycles. The number of aliphatic hydroxyl groups is 1. The fourth-order valence-electron chi connectivity index (χ4n) is 3.93. The Morgan fingerprint density at radius 3 is 2.08 bits per heavy atom. The van der Waals surface area contributed by atoms with Gasteiger partial charge in [0.25, 0.3) is 11.8 Å². The van der Waals surface area contributed by atoms with Crippen molar-refractivity contribution in [1.29, 1.82) is 0 Å². The van der Waals surface area contributed by atoms with Crippen LogP contribution in [0, 0.1) is 11.8 Å². The van der Waals surface area contributed by atoms with E-state index < -0.39 is 24.0 Å². The van der Waals surface area contributed by atoms with Crippen molar-refractivity contribution in [3.05, 3.63) is 65.2 Å². The minimum absolute atomic E-state index is 0.0692. The maximum Gasteiger partial charge on any atom is 0.268 e. The van der Waals surface area contributed by atoms with Gasteiger partial charge in [0.05, 0.1) is 12.6 Å². The fourth-order valence-corrected chi connectivity index (χ4v) is 3.93. The number of carbonyl (C=O) groups excluding carboxylic acids is 3. The van der Waals surface area contributed by atoms with Gasteiger partial charge >= 0.3 is 0 Å². The number of amides is 3. The molecule has 0 aromatic heterocycles. The van der Waals surface area contributed by atoms with E-state index in [1.54, 1.807) is 36.4 Å². The molecule has 0 radical (unpaired) electrons. The summed E-state index contributed by atoms with van der Waals surface area (Å²) in [5.74, 6) is 4.50. The van der Waals surface area contributed by atoms with Crippen LogP contribution in [0.5, 0.6) is 0 Å². The topological polar surface area (TPSA) is 140 Å². The minimum atomic E-state index is -1.29. The minimum Gasteiger partial charge on any atom is -0.391 e. The van der Waals surface area contributed by atoms with E-state index >= 15 is 0 Å². The molecule has 1 saturated carbocycles. The van der Waals surface area contributed by atoms with Crippen molar-refractivity contribution in [2.45, 2.75) is 57.2 Å². The van der Waals surface area contributed by atoms with Gasteiger partial charge < -0.3 is 21.1 Å². The van der Waals surface area contributed by atoms with Crippen molar-refractivity contribution in [2.75, 3.05) is 11.9 Å². The molecule has 0 heterocycles. The molecule has 36 heavy (non-hydrogen) atoms. The van der Waals surface area contributed by atoms with E-state index in [4.69, 9.17) is 5.21 Å². The molecular formula is C27H32N4O5. The summed E-state index contributed by atoms with van der Waals surface area (Å²) in [4.78, 5) is 36.1. The quantitative estimate of drug-likeness (QED) is 0.189. The molecule has 1 fully saturated rings. The fraction of sp³-hybridized carbons (Fsp3) is 0.370. The summed E-state index contributed by atoms with van der Waals surface area (Å²) in [6.07, 6.45) is 4.78. The van der Waals surface area contributed by atoms with Gasteiger partial charge in [-0.15, -0.1) is 0 Å². The smallest absolute Gasteiger partial charge is 0.268 e. The number of benzene rings is 2. The molecule has 2 atom stereocenters. The maximum atomic E-state index is 12.3. The van der Waals surface area contributed by atoms with Gasteiger partial charge in [0, 0.05) is 28.4 Å². The summed E-state index contributed by atoms with van der Waals surface area (Å²) >= 11 is 0. The second-order valence-corrected chi connectivity index (χ2v) is 8.84. The highest BCUT2D eigenvalue weighted by atomic mass is 16.5. The molecular weight excluding hydrogens is 460 g/mol. The monoisotopic (exact) mass is 492 g/mol. The zero-order valence-electron chi connectivity index (χ0n) is 20.2. The second-order valence-electron chi connectivity index (χ2n) is 8.84. The summed E-state index contributed by atoms with van der Waals surface area (Å²) in [5, 5.41) is 27.0. The number of hydrogen-bond acceptors (Lipinski definition) is 6. The van der Waals surface area contributed by atoms with Crippen LogP contribution in [0.25, 0.3) is 0 Å². The van der Waals surface area contributed by atoms with Gasteiger partial charge in [-0.2, -0.15) is 0 Å². The Labute approximate surface area is 210 Å². The van der Waals surface area contributed by atoms with E-state index in [-0.39, 0.29) is 11.5 Å². The molecule has 1 aliphatic carbocycles. The van der Waals surface area contributed by atoms with Crippen molar-refractivity contribution < 1.29 is 24.7 Å². The predicted molar refractivity (Wildman–Crippen MR) is 135 cm³/mol. The van der Waals surface area contributed by atoms with Crippen LogP contribution in [-0.2, 0) is 9.59 Å². The zero-order valence-corrected chi connectivity index (χ0v) is 20.2. The first kappa shape index (κ1) is 26.9. The van der Waals surface area contributed by atoms with Gasteiger partial charge in [-0.05, 0) is 68.3 Å². The highest BCUT2D eigenvalue weighted by Crippen LogP contribution is 2.17. The third-order valence-electron chi connectivity index (χ3n) is 5.99. The molecule has 0 saturated heterocycles. The number of aliphatic hydroxyl groups excluding tert-OH is 1. The van der Waals surface area contributed by atoms with Crippen LogP contribution in [0.4, 0.5) is 5.69 Å². The number of anilines is 1. The molecule has 2 unspecified atom stereocenters. The maximum absolute atomic E-state index is 12.3. The van der Waals surface area contributed by atoms with Crippen LogP contribution in [0.15, 0.2) is 48.5 Å². The Kier molecular flexibility index (Phi) is 10.0. The Morgan fingerprint density at radius 1 is 0.944 bits per heavy atom. The van der Waals surface area contributed by atoms with Gasteiger partial charge in [-0.25, -0.2) is 5.48 Å². The molecule has 9 heteroatoms. The molecule has 2 aromatic carbocycles. The van der Waals surface area contributed by atoms with Crippen LogP contribution >= 0.6 is 0 Å². The van der Waals surface area contributed by atoms with Gasteiger partial charge in [-0.3, -0.25) is 19.6 Å². The first-order valence-corrected chi connectivity index (χ1v) is 12.0. The number of nitrogens with one attached hydrogen (secondary N) is 4. The average Bonchev–Trinajstić information content (AvgIpc) is 2.90. The van der Waals surface area contributed by atoms with Crippen molar-refractivity contribution in [3.8, 4) is 11.8 Å². The summed E-state index contributed by atoms with van der Waals surface area (Å²) in [7, 11) is 0. The Morgan fingerprint density at radius 2 is 1.53 bits per heavy atom. The first-order chi connectivity index (χ1) is 17.4. The lowest BCUT2D eigenvalue weighted by molar-refractivity contribution is -0.133. The highest BCUT2D eigenvalue weighted by molar-refractivity contribution is 5.97. The summed E-state index contributed by atoms with van der Waals surface area (Å²) in [5.41, 5.74) is 3.85. The lowest BCUT2D eigenvalue weighted by Gasteiger charge is -2.22. The van der Waals surface area contributed by atoms with E-state index in [0.29, 0.717) is 23.8 Å². The van der Waals surface area contributed by atoms with E-state index in [2.05, 4.69) is 27.8 Å². The van der Waals surface area contributed by atoms with Crippen LogP contribution in [0.2, 0.25) is 0 Å². The van der Waals surface area contributed by atoms with Crippen LogP contribution in [0.3, 0.4) is 0 Å². The molecule has 0 bridgehead atoms. The number of carbonyl (C=O) groups is 3. The van der Waals surface area contributed by atoms with Gasteiger partial charge in [-0.1, -0.05) is 31.1 Å². The van der Waals surface area contributed by atoms with Crippen LogP contribution in [0.1, 0.15) is 60.5 Å². The van der Waals surface area contributed by atoms with Gasteiger partial charge in [0.2, 0.25) is 5.91 Å². The largest absolute Gasteiger partial charge is 0.391 e. The van der Waals surface area contributed by atoms with E-state index in [1.807, 2.05) is 12.1 Å². The van der Waals surface area contributed by atoms with Crippen molar-refractivity contribution in [2.24, 2.45) is 0 Å². The van der Waals surface area contributed by atoms with Crippen molar-refractivity contribution >= 4 is 23.4 Å². The summed E-state index contributed by atoms with van der Waals surface area (Å²) in [6, 6.07) is 12.8. The number of rotatable bonds is 8. The molecule has 3 amide bonds. The Bertz CT molecular complexity index is 1100. The normalized spacial score (nSPS) is 15.1. The van der Waals surface area contributed by atoms with Gasteiger partial charge in [0.1, 0.15) is 6.04 Å². The molecule has 1 aliphatic rings. The van der Waals surface area contributed by atoms with Crippen LogP contribution in [-0.4, -0.2) is 52.8 Å². The predicted octanol–water partition coefficient (Wildman–Crippen LogP) is 1.93. The third kappa shape index (κ3) is 8.20. The molecule has 0 spiro atoms. The van der Waals surface area contributed by atoms with Gasteiger partial charge in [0.15, 0.2) is 0 Å². The van der Waals surface area contributed by atoms with E-state index in [0.717, 1.165) is 18.4 Å². The standard InChI is InChI=1S/C27H32N4O5/c1-18(32)25(27(35)31-36)30-26(34)21-13-9-19(10-14-21)7-8-20-11-15-23(16-12-20)29-24(33)17-28-22-5-3-2-4-6-22/h9-16,18,22,25,28,32,36H,2-6,17H2,1H3,(H,29,33)(H,30,34)(H,31,35). The lowest BCUT2D eigenvalue weighted by atomic mass is 9.95. The molecule has 190 valence electrons. The van der Waals surface area contributed by atoms with Crippen LogP contribution < -0.4 is 21.4 Å². The lowest BCUT2D eigenvalue weighted by Crippen LogP contribution is -2.51. The number of hydrogen-bond donors (Lipinski definition) is 6. The summed E-state index contributed by atoms with van der Waals surface area (Å²) < 4.78 is 0. The van der Waals surface area contributed by atoms with E-state index in [1.165, 1.54) is 31.7 Å². The summed E-state index contributed by atoms with van der Waals surface area (Å²) in [6.45, 7) is 1.63. The zero-order chi connectivity index (χ0) is 25.9. The molecule has 9 nitrogen and oxygen atoms in total. The second kappa shape index (κ2) is 13.4. The van der Waals surface area contributed by atoms with E-state index in [9.17, 15) is 19.5 Å². The van der Waals surface area contributed by atoms with Crippen molar-refractivity contribution in [1.82, 2.24) is 16.1 Å². The van der Waals surface area contributed by atoms with Crippen molar-refractivity contribution in [3.63, 3.8) is 0 Å². The highest BCUT2D eigenvalue weighted by Gasteiger charge is 2.25. The molecule has 2 aromatic rings. The molecule has 6 N–H and O–H groups in total. The third-order valence-corrected chi connectivity index (χ3v) is 5.99.